The van der Waals surface area contributed by atoms with Crippen LogP contribution in [0, 0.1) is 0 Å². The molecular formula is C17H18BrNS. The summed E-state index contributed by atoms with van der Waals surface area (Å²) in [5.41, 5.74) is 2.83. The van der Waals surface area contributed by atoms with Gasteiger partial charge in [0, 0.05) is 27.2 Å². The Morgan fingerprint density at radius 1 is 1.25 bits per heavy atom. The molecule has 0 aliphatic carbocycles. The van der Waals surface area contributed by atoms with E-state index < -0.39 is 0 Å². The van der Waals surface area contributed by atoms with Crippen molar-refractivity contribution in [2.45, 2.75) is 29.5 Å². The molecule has 2 aromatic rings. The summed E-state index contributed by atoms with van der Waals surface area (Å²) in [6.45, 7) is 3.28. The number of hydrogen-bond donors (Lipinski definition) is 1. The maximum absolute atomic E-state index is 3.66. The molecule has 0 amide bonds. The minimum absolute atomic E-state index is 0.386. The lowest BCUT2D eigenvalue weighted by Gasteiger charge is -2.17. The molecule has 1 N–H and O–H groups in total. The SMILES string of the molecule is C[C@H](NCC1Cc2ccccc2S1)c1cccc(Br)c1. The molecule has 20 heavy (non-hydrogen) atoms. The Kier molecular flexibility index (Phi) is 4.49. The fraction of sp³-hybridized carbons (Fsp3) is 0.294. The number of benzene rings is 2. The third-order valence-corrected chi connectivity index (χ3v) is 5.53. The Labute approximate surface area is 133 Å². The number of halogens is 1. The number of nitrogens with one attached hydrogen (secondary N) is 1. The van der Waals surface area contributed by atoms with Crippen LogP contribution in [0.1, 0.15) is 24.1 Å². The summed E-state index contributed by atoms with van der Waals surface area (Å²) < 4.78 is 1.14. The third-order valence-electron chi connectivity index (χ3n) is 3.71. The van der Waals surface area contributed by atoms with Crippen molar-refractivity contribution < 1.29 is 0 Å². The van der Waals surface area contributed by atoms with Crippen molar-refractivity contribution in [2.75, 3.05) is 6.54 Å². The molecule has 0 fully saturated rings. The van der Waals surface area contributed by atoms with Gasteiger partial charge in [0.05, 0.1) is 0 Å². The van der Waals surface area contributed by atoms with Crippen molar-refractivity contribution in [3.63, 3.8) is 0 Å². The molecule has 0 saturated heterocycles. The van der Waals surface area contributed by atoms with E-state index in [0.717, 1.165) is 11.0 Å². The van der Waals surface area contributed by atoms with Gasteiger partial charge in [0.15, 0.2) is 0 Å². The predicted octanol–water partition coefficient (Wildman–Crippen LogP) is 4.82. The standard InChI is InChI=1S/C17H18BrNS/c1-12(13-6-4-7-15(18)9-13)19-11-16-10-14-5-2-3-8-17(14)20-16/h2-9,12,16,19H,10-11H2,1H3/t12-,16?/m0/s1. The van der Waals surface area contributed by atoms with Crippen molar-refractivity contribution >= 4 is 27.7 Å². The van der Waals surface area contributed by atoms with E-state index in [9.17, 15) is 0 Å². The maximum atomic E-state index is 3.66. The first kappa shape index (κ1) is 14.2. The first-order valence-corrected chi connectivity index (χ1v) is 8.63. The highest BCUT2D eigenvalue weighted by Crippen LogP contribution is 2.36. The summed E-state index contributed by atoms with van der Waals surface area (Å²) >= 11 is 5.54. The van der Waals surface area contributed by atoms with Crippen molar-refractivity contribution in [1.82, 2.24) is 5.32 Å². The van der Waals surface area contributed by atoms with Gasteiger partial charge in [-0.25, -0.2) is 0 Å². The Hall–Kier alpha value is -0.770. The quantitative estimate of drug-likeness (QED) is 0.850. The summed E-state index contributed by atoms with van der Waals surface area (Å²) in [6, 6.07) is 17.7. The first-order chi connectivity index (χ1) is 9.72. The zero-order chi connectivity index (χ0) is 13.9. The van der Waals surface area contributed by atoms with Crippen LogP contribution in [0.5, 0.6) is 0 Å². The molecule has 3 heteroatoms. The Bertz CT molecular complexity index is 574. The molecule has 0 radical (unpaired) electrons. The second-order valence-electron chi connectivity index (χ2n) is 5.24. The minimum atomic E-state index is 0.386. The maximum Gasteiger partial charge on any atom is 0.0292 e. The highest BCUT2D eigenvalue weighted by Gasteiger charge is 2.21. The van der Waals surface area contributed by atoms with E-state index in [4.69, 9.17) is 0 Å². The topological polar surface area (TPSA) is 12.0 Å². The fourth-order valence-corrected chi connectivity index (χ4v) is 4.25. The molecule has 0 saturated carbocycles. The lowest BCUT2D eigenvalue weighted by atomic mass is 10.1. The largest absolute Gasteiger partial charge is 0.309 e. The Morgan fingerprint density at radius 2 is 2.10 bits per heavy atom. The van der Waals surface area contributed by atoms with Gasteiger partial charge in [-0.05, 0) is 42.7 Å². The highest BCUT2D eigenvalue weighted by atomic mass is 79.9. The Balaban J connectivity index is 1.56. The smallest absolute Gasteiger partial charge is 0.0292 e. The summed E-state index contributed by atoms with van der Waals surface area (Å²) in [7, 11) is 0. The van der Waals surface area contributed by atoms with Gasteiger partial charge in [0.1, 0.15) is 0 Å². The lowest BCUT2D eigenvalue weighted by molar-refractivity contribution is 0.567. The average molecular weight is 348 g/mol. The van der Waals surface area contributed by atoms with Crippen molar-refractivity contribution in [3.05, 3.63) is 64.1 Å². The monoisotopic (exact) mass is 347 g/mol. The van der Waals surface area contributed by atoms with E-state index in [1.54, 1.807) is 0 Å². The van der Waals surface area contributed by atoms with Crippen LogP contribution in [0.4, 0.5) is 0 Å². The molecule has 2 aromatic carbocycles. The molecule has 0 bridgehead atoms. The number of thioether (sulfide) groups is 1. The van der Waals surface area contributed by atoms with Crippen LogP contribution < -0.4 is 5.32 Å². The summed E-state index contributed by atoms with van der Waals surface area (Å²) in [6.07, 6.45) is 1.18. The average Bonchev–Trinajstić information content (AvgIpc) is 2.87. The van der Waals surface area contributed by atoms with Gasteiger partial charge in [-0.15, -0.1) is 11.8 Å². The van der Waals surface area contributed by atoms with Crippen LogP contribution in [0.15, 0.2) is 57.9 Å². The summed E-state index contributed by atoms with van der Waals surface area (Å²) in [4.78, 5) is 1.45. The van der Waals surface area contributed by atoms with E-state index in [-0.39, 0.29) is 0 Å². The minimum Gasteiger partial charge on any atom is -0.309 e. The van der Waals surface area contributed by atoms with Gasteiger partial charge in [-0.3, -0.25) is 0 Å². The molecule has 1 unspecified atom stereocenters. The van der Waals surface area contributed by atoms with Crippen LogP contribution in [-0.2, 0) is 6.42 Å². The molecule has 2 atom stereocenters. The first-order valence-electron chi connectivity index (χ1n) is 6.96. The van der Waals surface area contributed by atoms with Crippen LogP contribution >= 0.6 is 27.7 Å². The van der Waals surface area contributed by atoms with Crippen LogP contribution in [-0.4, -0.2) is 11.8 Å². The van der Waals surface area contributed by atoms with Gasteiger partial charge >= 0.3 is 0 Å². The van der Waals surface area contributed by atoms with Crippen LogP contribution in [0.2, 0.25) is 0 Å². The summed E-state index contributed by atoms with van der Waals surface area (Å²) in [5, 5.41) is 4.32. The van der Waals surface area contributed by atoms with Crippen molar-refractivity contribution in [2.24, 2.45) is 0 Å². The predicted molar refractivity (Wildman–Crippen MR) is 90.4 cm³/mol. The number of rotatable bonds is 4. The molecule has 0 aromatic heterocycles. The molecule has 1 aliphatic rings. The molecule has 0 spiro atoms. The molecule has 3 rings (SSSR count). The molecular weight excluding hydrogens is 330 g/mol. The number of hydrogen-bond acceptors (Lipinski definition) is 2. The van der Waals surface area contributed by atoms with Gasteiger partial charge in [-0.2, -0.15) is 0 Å². The Morgan fingerprint density at radius 3 is 2.90 bits per heavy atom. The normalized spacial score (nSPS) is 18.8. The number of fused-ring (bicyclic) bond motifs is 1. The van der Waals surface area contributed by atoms with Gasteiger partial charge in [-0.1, -0.05) is 46.3 Å². The van der Waals surface area contributed by atoms with Crippen molar-refractivity contribution in [3.8, 4) is 0 Å². The fourth-order valence-electron chi connectivity index (χ4n) is 2.57. The van der Waals surface area contributed by atoms with E-state index in [2.05, 4.69) is 76.7 Å². The van der Waals surface area contributed by atoms with E-state index in [1.165, 1.54) is 22.4 Å². The molecule has 1 heterocycles. The second kappa shape index (κ2) is 6.33. The van der Waals surface area contributed by atoms with E-state index in [1.807, 2.05) is 11.8 Å². The zero-order valence-electron chi connectivity index (χ0n) is 11.5. The third kappa shape index (κ3) is 3.27. The summed E-state index contributed by atoms with van der Waals surface area (Å²) in [5.74, 6) is 0. The lowest BCUT2D eigenvalue weighted by Crippen LogP contribution is -2.27. The zero-order valence-corrected chi connectivity index (χ0v) is 13.9. The van der Waals surface area contributed by atoms with Gasteiger partial charge < -0.3 is 5.32 Å². The molecule has 104 valence electrons. The van der Waals surface area contributed by atoms with E-state index >= 15 is 0 Å². The molecule has 1 aliphatic heterocycles. The van der Waals surface area contributed by atoms with E-state index in [0.29, 0.717) is 11.3 Å². The van der Waals surface area contributed by atoms with Crippen molar-refractivity contribution in [1.29, 1.82) is 0 Å². The van der Waals surface area contributed by atoms with Crippen LogP contribution in [0.25, 0.3) is 0 Å². The van der Waals surface area contributed by atoms with Crippen LogP contribution in [0.3, 0.4) is 0 Å². The van der Waals surface area contributed by atoms with Gasteiger partial charge in [0.2, 0.25) is 0 Å². The highest BCUT2D eigenvalue weighted by molar-refractivity contribution is 9.10. The van der Waals surface area contributed by atoms with Gasteiger partial charge in [0.25, 0.3) is 0 Å². The second-order valence-corrected chi connectivity index (χ2v) is 7.49. The molecule has 1 nitrogen and oxygen atoms in total.